The topological polar surface area (TPSA) is 63.2 Å². The molecule has 1 fully saturated rings. The number of hydrogen-bond acceptors (Lipinski definition) is 4. The molecule has 7 heteroatoms. The predicted molar refractivity (Wildman–Crippen MR) is 78.4 cm³/mol. The molecule has 0 spiro atoms. The highest BCUT2D eigenvalue weighted by atomic mass is 35.5. The second-order valence-electron chi connectivity index (χ2n) is 4.64. The Labute approximate surface area is 128 Å². The summed E-state index contributed by atoms with van der Waals surface area (Å²) < 4.78 is 5.38. The van der Waals surface area contributed by atoms with Crippen molar-refractivity contribution in [2.75, 3.05) is 19.7 Å². The third-order valence-electron chi connectivity index (χ3n) is 3.03. The Kier molecular flexibility index (Phi) is 5.88. The van der Waals surface area contributed by atoms with Crippen molar-refractivity contribution in [2.24, 2.45) is 0 Å². The molecule has 1 aromatic heterocycles. The van der Waals surface area contributed by atoms with Gasteiger partial charge in [-0.15, -0.1) is 0 Å². The fourth-order valence-electron chi connectivity index (χ4n) is 2.07. The number of amides is 1. The molecule has 1 atom stereocenters. The van der Waals surface area contributed by atoms with Crippen LogP contribution in [0.4, 0.5) is 0 Å². The van der Waals surface area contributed by atoms with Crippen molar-refractivity contribution in [3.8, 4) is 5.88 Å². The number of hydrogen-bond donors (Lipinski definition) is 2. The first-order valence-corrected chi connectivity index (χ1v) is 7.34. The van der Waals surface area contributed by atoms with E-state index in [1.807, 2.05) is 0 Å². The van der Waals surface area contributed by atoms with Gasteiger partial charge in [0.15, 0.2) is 0 Å². The third kappa shape index (κ3) is 4.81. The fraction of sp³-hybridized carbons (Fsp3) is 0.538. The van der Waals surface area contributed by atoms with Crippen LogP contribution in [0.2, 0.25) is 10.0 Å². The Morgan fingerprint density at radius 2 is 2.40 bits per heavy atom. The van der Waals surface area contributed by atoms with Crippen LogP contribution in [0.5, 0.6) is 5.88 Å². The first-order valence-electron chi connectivity index (χ1n) is 6.59. The minimum Gasteiger partial charge on any atom is -0.475 e. The maximum absolute atomic E-state index is 11.7. The number of carbonyl (C=O) groups excluding carboxylic acids is 1. The average molecular weight is 318 g/mol. The first kappa shape index (κ1) is 15.4. The minimum absolute atomic E-state index is 0.0307. The SMILES string of the molecule is O=C(CC1CCCN1)NCCOc1ncc(Cl)cc1Cl. The van der Waals surface area contributed by atoms with E-state index in [2.05, 4.69) is 15.6 Å². The summed E-state index contributed by atoms with van der Waals surface area (Å²) in [5, 5.41) is 6.91. The quantitative estimate of drug-likeness (QED) is 0.788. The maximum Gasteiger partial charge on any atom is 0.232 e. The molecule has 2 N–H and O–H groups in total. The molecule has 20 heavy (non-hydrogen) atoms. The van der Waals surface area contributed by atoms with E-state index in [-0.39, 0.29) is 5.91 Å². The Bertz CT molecular complexity index is 465. The van der Waals surface area contributed by atoms with Gasteiger partial charge in [0.1, 0.15) is 11.6 Å². The number of pyridine rings is 1. The van der Waals surface area contributed by atoms with Crippen LogP contribution in [0.3, 0.4) is 0 Å². The molecule has 2 rings (SSSR count). The Balaban J connectivity index is 1.64. The van der Waals surface area contributed by atoms with Crippen molar-refractivity contribution >= 4 is 29.1 Å². The highest BCUT2D eigenvalue weighted by Gasteiger charge is 2.17. The number of nitrogens with one attached hydrogen (secondary N) is 2. The lowest BCUT2D eigenvalue weighted by atomic mass is 10.1. The first-order chi connectivity index (χ1) is 9.65. The van der Waals surface area contributed by atoms with Crippen molar-refractivity contribution in [2.45, 2.75) is 25.3 Å². The summed E-state index contributed by atoms with van der Waals surface area (Å²) in [7, 11) is 0. The van der Waals surface area contributed by atoms with Gasteiger partial charge in [-0.2, -0.15) is 0 Å². The molecule has 1 amide bonds. The molecular formula is C13H17Cl2N3O2. The number of halogens is 2. The molecule has 0 aromatic carbocycles. The van der Waals surface area contributed by atoms with E-state index in [1.54, 1.807) is 6.07 Å². The largest absolute Gasteiger partial charge is 0.475 e. The van der Waals surface area contributed by atoms with Crippen molar-refractivity contribution in [3.05, 3.63) is 22.3 Å². The molecule has 0 radical (unpaired) electrons. The molecule has 0 bridgehead atoms. The standard InChI is InChI=1S/C13H17Cl2N3O2/c14-9-6-11(15)13(18-8-9)20-5-4-17-12(19)7-10-2-1-3-16-10/h6,8,10,16H,1-5,7H2,(H,17,19). The molecule has 1 aliphatic rings. The summed E-state index contributed by atoms with van der Waals surface area (Å²) >= 11 is 11.7. The summed E-state index contributed by atoms with van der Waals surface area (Å²) in [5.41, 5.74) is 0. The van der Waals surface area contributed by atoms with Gasteiger partial charge >= 0.3 is 0 Å². The van der Waals surface area contributed by atoms with E-state index in [4.69, 9.17) is 27.9 Å². The highest BCUT2D eigenvalue weighted by Crippen LogP contribution is 2.24. The molecule has 1 aliphatic heterocycles. The second kappa shape index (κ2) is 7.67. The maximum atomic E-state index is 11.7. The molecule has 5 nitrogen and oxygen atoms in total. The summed E-state index contributed by atoms with van der Waals surface area (Å²) in [4.78, 5) is 15.6. The van der Waals surface area contributed by atoms with Crippen LogP contribution in [0.25, 0.3) is 0 Å². The van der Waals surface area contributed by atoms with E-state index in [9.17, 15) is 4.79 Å². The van der Waals surface area contributed by atoms with E-state index in [0.717, 1.165) is 19.4 Å². The smallest absolute Gasteiger partial charge is 0.232 e. The van der Waals surface area contributed by atoms with Gasteiger partial charge in [0.25, 0.3) is 0 Å². The van der Waals surface area contributed by atoms with Gasteiger partial charge in [-0.05, 0) is 25.5 Å². The summed E-state index contributed by atoms with van der Waals surface area (Å²) in [6, 6.07) is 1.87. The van der Waals surface area contributed by atoms with Gasteiger partial charge in [0, 0.05) is 18.7 Å². The molecule has 1 saturated heterocycles. The number of ether oxygens (including phenoxy) is 1. The predicted octanol–water partition coefficient (Wildman–Crippen LogP) is 2.03. The van der Waals surface area contributed by atoms with Crippen molar-refractivity contribution < 1.29 is 9.53 Å². The molecule has 1 aromatic rings. The molecule has 0 aliphatic carbocycles. The minimum atomic E-state index is 0.0307. The Hall–Kier alpha value is -1.04. The fourth-order valence-corrected chi connectivity index (χ4v) is 2.51. The molecule has 1 unspecified atom stereocenters. The summed E-state index contributed by atoms with van der Waals surface area (Å²) in [6.45, 7) is 1.74. The average Bonchev–Trinajstić information content (AvgIpc) is 2.89. The van der Waals surface area contributed by atoms with E-state index < -0.39 is 0 Å². The lowest BCUT2D eigenvalue weighted by Crippen LogP contribution is -2.34. The van der Waals surface area contributed by atoms with Crippen LogP contribution < -0.4 is 15.4 Å². The van der Waals surface area contributed by atoms with Crippen LogP contribution in [0, 0.1) is 0 Å². The van der Waals surface area contributed by atoms with Crippen LogP contribution in [-0.4, -0.2) is 36.6 Å². The zero-order valence-electron chi connectivity index (χ0n) is 11.0. The van der Waals surface area contributed by atoms with Crippen LogP contribution >= 0.6 is 23.2 Å². The van der Waals surface area contributed by atoms with Gasteiger partial charge < -0.3 is 15.4 Å². The van der Waals surface area contributed by atoms with Crippen LogP contribution in [-0.2, 0) is 4.79 Å². The Morgan fingerprint density at radius 1 is 1.55 bits per heavy atom. The lowest BCUT2D eigenvalue weighted by molar-refractivity contribution is -0.121. The van der Waals surface area contributed by atoms with Gasteiger partial charge in [0.2, 0.25) is 11.8 Å². The van der Waals surface area contributed by atoms with Crippen LogP contribution in [0.15, 0.2) is 12.3 Å². The van der Waals surface area contributed by atoms with Gasteiger partial charge in [0.05, 0.1) is 11.6 Å². The van der Waals surface area contributed by atoms with E-state index in [1.165, 1.54) is 6.20 Å². The number of rotatable bonds is 6. The number of carbonyl (C=O) groups is 1. The Morgan fingerprint density at radius 3 is 3.10 bits per heavy atom. The van der Waals surface area contributed by atoms with Crippen LogP contribution in [0.1, 0.15) is 19.3 Å². The zero-order chi connectivity index (χ0) is 14.4. The molecular weight excluding hydrogens is 301 g/mol. The normalized spacial score (nSPS) is 18.0. The molecule has 2 heterocycles. The summed E-state index contributed by atoms with van der Waals surface area (Å²) in [5.74, 6) is 0.353. The monoisotopic (exact) mass is 317 g/mol. The van der Waals surface area contributed by atoms with Gasteiger partial charge in [-0.25, -0.2) is 4.98 Å². The van der Waals surface area contributed by atoms with Gasteiger partial charge in [-0.1, -0.05) is 23.2 Å². The number of nitrogens with zero attached hydrogens (tertiary/aromatic N) is 1. The highest BCUT2D eigenvalue weighted by molar-refractivity contribution is 6.35. The number of aromatic nitrogens is 1. The van der Waals surface area contributed by atoms with E-state index >= 15 is 0 Å². The zero-order valence-corrected chi connectivity index (χ0v) is 12.5. The molecule has 110 valence electrons. The molecule has 0 saturated carbocycles. The third-order valence-corrected chi connectivity index (χ3v) is 3.51. The van der Waals surface area contributed by atoms with Crippen molar-refractivity contribution in [3.63, 3.8) is 0 Å². The van der Waals surface area contributed by atoms with Crippen molar-refractivity contribution in [1.82, 2.24) is 15.6 Å². The second-order valence-corrected chi connectivity index (χ2v) is 5.48. The van der Waals surface area contributed by atoms with E-state index in [0.29, 0.717) is 41.5 Å². The van der Waals surface area contributed by atoms with Gasteiger partial charge in [-0.3, -0.25) is 4.79 Å². The van der Waals surface area contributed by atoms with Crippen molar-refractivity contribution in [1.29, 1.82) is 0 Å². The lowest BCUT2D eigenvalue weighted by Gasteiger charge is -2.11. The summed E-state index contributed by atoms with van der Waals surface area (Å²) in [6.07, 6.45) is 4.18.